The molecule has 0 aliphatic rings. The molecule has 0 aliphatic carbocycles. The van der Waals surface area contributed by atoms with Gasteiger partial charge >= 0.3 is 0 Å². The Hall–Kier alpha value is -0.760. The van der Waals surface area contributed by atoms with Gasteiger partial charge in [0.15, 0.2) is 5.82 Å². The van der Waals surface area contributed by atoms with Crippen LogP contribution >= 0.6 is 33.9 Å². The molecule has 0 aliphatic heterocycles. The quantitative estimate of drug-likeness (QED) is 0.869. The Morgan fingerprint density at radius 2 is 2.25 bits per heavy atom. The van der Waals surface area contributed by atoms with Crippen molar-refractivity contribution in [3.8, 4) is 11.5 Å². The molecule has 16 heavy (non-hydrogen) atoms. The van der Waals surface area contributed by atoms with Crippen molar-refractivity contribution < 1.29 is 0 Å². The van der Waals surface area contributed by atoms with E-state index in [9.17, 15) is 0 Å². The fraction of sp³-hybridized carbons (Fsp3) is 0.300. The molecule has 0 bridgehead atoms. The van der Waals surface area contributed by atoms with E-state index >= 15 is 0 Å². The number of halogens is 1. The summed E-state index contributed by atoms with van der Waals surface area (Å²) in [4.78, 5) is 13.1. The number of nitrogens with one attached hydrogen (secondary N) is 1. The number of aromatic nitrogens is 3. The Balaban J connectivity index is 2.39. The van der Waals surface area contributed by atoms with Crippen LogP contribution in [0.4, 0.5) is 5.82 Å². The first kappa shape index (κ1) is 11.7. The summed E-state index contributed by atoms with van der Waals surface area (Å²) in [6.45, 7) is 4.87. The summed E-state index contributed by atoms with van der Waals surface area (Å²) in [7, 11) is 0. The minimum atomic E-state index is 0.681. The summed E-state index contributed by atoms with van der Waals surface area (Å²) in [5, 5.41) is 6.22. The van der Waals surface area contributed by atoms with Crippen LogP contribution in [0.5, 0.6) is 0 Å². The van der Waals surface area contributed by atoms with Gasteiger partial charge in [-0.2, -0.15) is 0 Å². The van der Waals surface area contributed by atoms with Crippen molar-refractivity contribution in [2.24, 2.45) is 0 Å². The first-order valence-electron chi connectivity index (χ1n) is 4.89. The summed E-state index contributed by atoms with van der Waals surface area (Å²) < 4.78 is 1.02. The first-order valence-corrected chi connectivity index (χ1v) is 6.85. The second kappa shape index (κ2) is 5.05. The standard InChI is InChI=1S/C10H11IN4S/c1-3-12-9-7(11)4-13-10(15-9)8-5-16-6(2)14-8/h4-5H,3H2,1-2H3,(H,12,13,15). The van der Waals surface area contributed by atoms with Gasteiger partial charge in [0.25, 0.3) is 0 Å². The predicted octanol–water partition coefficient (Wildman–Crippen LogP) is 2.94. The van der Waals surface area contributed by atoms with Gasteiger partial charge in [0, 0.05) is 18.1 Å². The summed E-state index contributed by atoms with van der Waals surface area (Å²) in [5.74, 6) is 1.56. The van der Waals surface area contributed by atoms with Crippen LogP contribution in [0.1, 0.15) is 11.9 Å². The van der Waals surface area contributed by atoms with Crippen LogP contribution in [0.15, 0.2) is 11.6 Å². The maximum atomic E-state index is 4.46. The molecule has 0 radical (unpaired) electrons. The summed E-state index contributed by atoms with van der Waals surface area (Å²) >= 11 is 3.83. The lowest BCUT2D eigenvalue weighted by molar-refractivity contribution is 1.09. The molecule has 0 spiro atoms. The third-order valence-electron chi connectivity index (χ3n) is 1.94. The molecule has 0 saturated heterocycles. The molecule has 2 aromatic rings. The van der Waals surface area contributed by atoms with E-state index < -0.39 is 0 Å². The molecule has 0 unspecified atom stereocenters. The Kier molecular flexibility index (Phi) is 3.70. The van der Waals surface area contributed by atoms with E-state index in [0.29, 0.717) is 5.82 Å². The zero-order chi connectivity index (χ0) is 11.5. The molecule has 0 aromatic carbocycles. The third-order valence-corrected chi connectivity index (χ3v) is 3.50. The molecular weight excluding hydrogens is 335 g/mol. The molecule has 84 valence electrons. The van der Waals surface area contributed by atoms with Crippen molar-refractivity contribution in [2.75, 3.05) is 11.9 Å². The van der Waals surface area contributed by atoms with Gasteiger partial charge in [0.2, 0.25) is 0 Å². The van der Waals surface area contributed by atoms with Gasteiger partial charge in [0.1, 0.15) is 11.5 Å². The van der Waals surface area contributed by atoms with Crippen LogP contribution in [0, 0.1) is 10.5 Å². The lowest BCUT2D eigenvalue weighted by Crippen LogP contribution is -2.03. The second-order valence-electron chi connectivity index (χ2n) is 3.17. The molecule has 0 fully saturated rings. The topological polar surface area (TPSA) is 50.7 Å². The molecule has 0 saturated carbocycles. The number of rotatable bonds is 3. The average Bonchev–Trinajstić information content (AvgIpc) is 2.69. The van der Waals surface area contributed by atoms with Crippen molar-refractivity contribution in [3.05, 3.63) is 20.2 Å². The number of hydrogen-bond donors (Lipinski definition) is 1. The van der Waals surface area contributed by atoms with Crippen molar-refractivity contribution in [3.63, 3.8) is 0 Å². The highest BCUT2D eigenvalue weighted by atomic mass is 127. The lowest BCUT2D eigenvalue weighted by Gasteiger charge is -2.05. The largest absolute Gasteiger partial charge is 0.369 e. The van der Waals surface area contributed by atoms with E-state index in [2.05, 4.69) is 42.9 Å². The number of anilines is 1. The fourth-order valence-electron chi connectivity index (χ4n) is 1.25. The van der Waals surface area contributed by atoms with E-state index in [1.165, 1.54) is 0 Å². The molecule has 6 heteroatoms. The van der Waals surface area contributed by atoms with Gasteiger partial charge in [-0.1, -0.05) is 0 Å². The van der Waals surface area contributed by atoms with Crippen molar-refractivity contribution in [1.82, 2.24) is 15.0 Å². The molecule has 1 N–H and O–H groups in total. The smallest absolute Gasteiger partial charge is 0.181 e. The summed E-state index contributed by atoms with van der Waals surface area (Å²) in [6, 6.07) is 0. The average molecular weight is 346 g/mol. The van der Waals surface area contributed by atoms with Gasteiger partial charge < -0.3 is 5.32 Å². The maximum Gasteiger partial charge on any atom is 0.181 e. The maximum absolute atomic E-state index is 4.46. The van der Waals surface area contributed by atoms with Crippen LogP contribution in [-0.2, 0) is 0 Å². The van der Waals surface area contributed by atoms with Crippen LogP contribution in [-0.4, -0.2) is 21.5 Å². The van der Waals surface area contributed by atoms with Gasteiger partial charge in [0.05, 0.1) is 8.58 Å². The van der Waals surface area contributed by atoms with E-state index in [1.54, 1.807) is 11.3 Å². The SMILES string of the molecule is CCNc1nc(-c2csc(C)n2)ncc1I. The molecular formula is C10H11IN4S. The van der Waals surface area contributed by atoms with E-state index in [4.69, 9.17) is 0 Å². The van der Waals surface area contributed by atoms with Crippen LogP contribution in [0.3, 0.4) is 0 Å². The van der Waals surface area contributed by atoms with E-state index in [-0.39, 0.29) is 0 Å². The second-order valence-corrected chi connectivity index (χ2v) is 5.40. The molecule has 2 aromatic heterocycles. The zero-order valence-electron chi connectivity index (χ0n) is 8.99. The highest BCUT2D eigenvalue weighted by molar-refractivity contribution is 14.1. The monoisotopic (exact) mass is 346 g/mol. The summed E-state index contributed by atoms with van der Waals surface area (Å²) in [5.41, 5.74) is 0.845. The fourth-order valence-corrected chi connectivity index (χ4v) is 2.29. The molecule has 2 rings (SSSR count). The third kappa shape index (κ3) is 2.49. The Morgan fingerprint density at radius 3 is 2.88 bits per heavy atom. The van der Waals surface area contributed by atoms with Crippen LogP contribution in [0.2, 0.25) is 0 Å². The van der Waals surface area contributed by atoms with E-state index in [1.807, 2.05) is 25.4 Å². The highest BCUT2D eigenvalue weighted by Crippen LogP contribution is 2.21. The van der Waals surface area contributed by atoms with Gasteiger partial charge in [-0.25, -0.2) is 15.0 Å². The highest BCUT2D eigenvalue weighted by Gasteiger charge is 2.08. The molecule has 0 atom stereocenters. The van der Waals surface area contributed by atoms with Crippen LogP contribution in [0.25, 0.3) is 11.5 Å². The van der Waals surface area contributed by atoms with Gasteiger partial charge in [-0.3, -0.25) is 0 Å². The van der Waals surface area contributed by atoms with E-state index in [0.717, 1.165) is 26.6 Å². The van der Waals surface area contributed by atoms with Crippen molar-refractivity contribution in [2.45, 2.75) is 13.8 Å². The normalized spacial score (nSPS) is 10.4. The van der Waals surface area contributed by atoms with Gasteiger partial charge in [-0.15, -0.1) is 11.3 Å². The van der Waals surface area contributed by atoms with Crippen molar-refractivity contribution in [1.29, 1.82) is 0 Å². The number of hydrogen-bond acceptors (Lipinski definition) is 5. The number of thiazole rings is 1. The predicted molar refractivity (Wildman–Crippen MR) is 74.8 cm³/mol. The molecule has 0 amide bonds. The zero-order valence-corrected chi connectivity index (χ0v) is 12.0. The number of nitrogens with zero attached hydrogens (tertiary/aromatic N) is 3. The Bertz CT molecular complexity index is 497. The Morgan fingerprint density at radius 1 is 1.44 bits per heavy atom. The minimum Gasteiger partial charge on any atom is -0.369 e. The molecule has 4 nitrogen and oxygen atoms in total. The first-order chi connectivity index (χ1) is 7.70. The van der Waals surface area contributed by atoms with Crippen LogP contribution < -0.4 is 5.32 Å². The van der Waals surface area contributed by atoms with Gasteiger partial charge in [-0.05, 0) is 36.4 Å². The van der Waals surface area contributed by atoms with Crippen molar-refractivity contribution >= 4 is 39.7 Å². The molecule has 2 heterocycles. The summed E-state index contributed by atoms with van der Waals surface area (Å²) in [6.07, 6.45) is 1.82. The number of aryl methyl sites for hydroxylation is 1. The lowest BCUT2D eigenvalue weighted by atomic mass is 10.4. The minimum absolute atomic E-state index is 0.681. The Labute approximate surface area is 112 Å².